The number of aryl methyl sites for hydroxylation is 1. The number of rotatable bonds is 7. The van der Waals surface area contributed by atoms with Crippen LogP contribution in [0.5, 0.6) is 0 Å². The standard InChI is InChI=1S/C14H19N3O2S2/c1-11-5-3-4-6-12(11)10-21(18,19)16-8-7-13-9-20-14(15-2)17-13/h3-6,9,16H,7-8,10H2,1-2H3,(H,15,17). The van der Waals surface area contributed by atoms with Gasteiger partial charge in [0.1, 0.15) is 0 Å². The average molecular weight is 325 g/mol. The molecule has 0 bridgehead atoms. The first-order chi connectivity index (χ1) is 10.00. The molecule has 1 heterocycles. The fourth-order valence-electron chi connectivity index (χ4n) is 1.90. The van der Waals surface area contributed by atoms with Crippen molar-refractivity contribution in [1.82, 2.24) is 9.71 Å². The first-order valence-corrected chi connectivity index (χ1v) is 9.17. The summed E-state index contributed by atoms with van der Waals surface area (Å²) < 4.78 is 26.8. The first-order valence-electron chi connectivity index (χ1n) is 6.64. The van der Waals surface area contributed by atoms with Crippen molar-refractivity contribution in [3.63, 3.8) is 0 Å². The summed E-state index contributed by atoms with van der Waals surface area (Å²) in [4.78, 5) is 4.32. The minimum atomic E-state index is -3.32. The lowest BCUT2D eigenvalue weighted by molar-refractivity contribution is 0.580. The number of hydrogen-bond donors (Lipinski definition) is 2. The van der Waals surface area contributed by atoms with Crippen molar-refractivity contribution in [1.29, 1.82) is 0 Å². The molecule has 7 heteroatoms. The SMILES string of the molecule is CNc1nc(CCNS(=O)(=O)Cc2ccccc2C)cs1. The molecule has 0 saturated carbocycles. The molecule has 0 spiro atoms. The van der Waals surface area contributed by atoms with E-state index in [9.17, 15) is 8.42 Å². The van der Waals surface area contributed by atoms with Crippen LogP contribution in [0.3, 0.4) is 0 Å². The van der Waals surface area contributed by atoms with Gasteiger partial charge in [-0.05, 0) is 18.1 Å². The van der Waals surface area contributed by atoms with Crippen LogP contribution in [0.4, 0.5) is 5.13 Å². The summed E-state index contributed by atoms with van der Waals surface area (Å²) in [6.45, 7) is 2.28. The summed E-state index contributed by atoms with van der Waals surface area (Å²) in [6.07, 6.45) is 0.588. The van der Waals surface area contributed by atoms with E-state index < -0.39 is 10.0 Å². The highest BCUT2D eigenvalue weighted by Gasteiger charge is 2.12. The third kappa shape index (κ3) is 4.80. The zero-order valence-electron chi connectivity index (χ0n) is 12.1. The Bertz CT molecular complexity index is 696. The number of nitrogens with one attached hydrogen (secondary N) is 2. The fourth-order valence-corrected chi connectivity index (χ4v) is 3.85. The van der Waals surface area contributed by atoms with Crippen LogP contribution in [0.1, 0.15) is 16.8 Å². The molecule has 0 unspecified atom stereocenters. The van der Waals surface area contributed by atoms with E-state index in [-0.39, 0.29) is 5.75 Å². The monoisotopic (exact) mass is 325 g/mol. The molecule has 2 N–H and O–H groups in total. The molecule has 0 atom stereocenters. The molecule has 0 aliphatic carbocycles. The van der Waals surface area contributed by atoms with Gasteiger partial charge in [-0.1, -0.05) is 24.3 Å². The molecule has 21 heavy (non-hydrogen) atoms. The second kappa shape index (κ2) is 7.02. The Hall–Kier alpha value is -1.44. The Balaban J connectivity index is 1.88. The number of nitrogens with zero attached hydrogens (tertiary/aromatic N) is 1. The van der Waals surface area contributed by atoms with E-state index in [2.05, 4.69) is 15.0 Å². The maximum atomic E-state index is 12.1. The number of anilines is 1. The van der Waals surface area contributed by atoms with E-state index >= 15 is 0 Å². The van der Waals surface area contributed by atoms with Gasteiger partial charge >= 0.3 is 0 Å². The molecule has 0 fully saturated rings. The third-order valence-electron chi connectivity index (χ3n) is 3.08. The molecule has 1 aromatic carbocycles. The van der Waals surface area contributed by atoms with Crippen molar-refractivity contribution >= 4 is 26.5 Å². The Kier molecular flexibility index (Phi) is 5.33. The molecule has 1 aromatic heterocycles. The van der Waals surface area contributed by atoms with Gasteiger partial charge < -0.3 is 5.32 Å². The molecule has 5 nitrogen and oxygen atoms in total. The molecule has 0 aliphatic rings. The van der Waals surface area contributed by atoms with Gasteiger partial charge in [-0.15, -0.1) is 11.3 Å². The Morgan fingerprint density at radius 1 is 1.29 bits per heavy atom. The minimum absolute atomic E-state index is 0.0124. The number of aromatic nitrogens is 1. The number of thiazole rings is 1. The number of hydrogen-bond acceptors (Lipinski definition) is 5. The molecule has 2 aromatic rings. The fraction of sp³-hybridized carbons (Fsp3) is 0.357. The van der Waals surface area contributed by atoms with E-state index in [4.69, 9.17) is 0 Å². The minimum Gasteiger partial charge on any atom is -0.365 e. The second-order valence-corrected chi connectivity index (χ2v) is 7.39. The van der Waals surface area contributed by atoms with Crippen molar-refractivity contribution in [3.8, 4) is 0 Å². The van der Waals surface area contributed by atoms with Gasteiger partial charge in [-0.3, -0.25) is 0 Å². The van der Waals surface area contributed by atoms with Gasteiger partial charge in [0.05, 0.1) is 11.4 Å². The Morgan fingerprint density at radius 2 is 2.05 bits per heavy atom. The van der Waals surface area contributed by atoms with Crippen LogP contribution in [0.15, 0.2) is 29.6 Å². The Morgan fingerprint density at radius 3 is 2.71 bits per heavy atom. The number of sulfonamides is 1. The first kappa shape index (κ1) is 15.9. The van der Waals surface area contributed by atoms with E-state index in [1.54, 1.807) is 0 Å². The van der Waals surface area contributed by atoms with E-state index in [1.807, 2.05) is 43.6 Å². The van der Waals surface area contributed by atoms with Crippen LogP contribution in [0.25, 0.3) is 0 Å². The molecular weight excluding hydrogens is 306 g/mol. The van der Waals surface area contributed by atoms with Crippen LogP contribution in [0, 0.1) is 6.92 Å². The lowest BCUT2D eigenvalue weighted by atomic mass is 10.1. The van der Waals surface area contributed by atoms with Crippen molar-refractivity contribution < 1.29 is 8.42 Å². The summed E-state index contributed by atoms with van der Waals surface area (Å²) in [6, 6.07) is 7.51. The van der Waals surface area contributed by atoms with Crippen molar-refractivity contribution in [2.45, 2.75) is 19.1 Å². The molecule has 0 aliphatic heterocycles. The molecule has 0 radical (unpaired) electrons. The third-order valence-corrected chi connectivity index (χ3v) is 5.32. The molecule has 114 valence electrons. The summed E-state index contributed by atoms with van der Waals surface area (Å²) in [5.74, 6) is 0.0124. The normalized spacial score (nSPS) is 11.5. The Labute approximate surface area is 129 Å². The maximum Gasteiger partial charge on any atom is 0.215 e. The van der Waals surface area contributed by atoms with Gasteiger partial charge in [0.15, 0.2) is 5.13 Å². The van der Waals surface area contributed by atoms with Crippen LogP contribution in [-0.2, 0) is 22.2 Å². The lowest BCUT2D eigenvalue weighted by Crippen LogP contribution is -2.27. The zero-order valence-corrected chi connectivity index (χ0v) is 13.7. The van der Waals surface area contributed by atoms with Gasteiger partial charge in [0, 0.05) is 25.4 Å². The van der Waals surface area contributed by atoms with E-state index in [1.165, 1.54) is 11.3 Å². The molecular formula is C14H19N3O2S2. The van der Waals surface area contributed by atoms with Crippen LogP contribution >= 0.6 is 11.3 Å². The van der Waals surface area contributed by atoms with Gasteiger partial charge in [0.25, 0.3) is 0 Å². The number of benzene rings is 1. The molecule has 0 saturated heterocycles. The van der Waals surface area contributed by atoms with Crippen LogP contribution in [-0.4, -0.2) is 27.0 Å². The quantitative estimate of drug-likeness (QED) is 0.818. The summed E-state index contributed by atoms with van der Waals surface area (Å²) in [7, 11) is -1.50. The summed E-state index contributed by atoms with van der Waals surface area (Å²) >= 11 is 1.51. The van der Waals surface area contributed by atoms with Crippen molar-refractivity contribution in [2.24, 2.45) is 0 Å². The van der Waals surface area contributed by atoms with Gasteiger partial charge in [0.2, 0.25) is 10.0 Å². The largest absolute Gasteiger partial charge is 0.365 e. The predicted octanol–water partition coefficient (Wildman–Crippen LogP) is 2.16. The maximum absolute atomic E-state index is 12.1. The highest BCUT2D eigenvalue weighted by Crippen LogP contribution is 2.14. The van der Waals surface area contributed by atoms with Gasteiger partial charge in [-0.2, -0.15) is 0 Å². The van der Waals surface area contributed by atoms with Gasteiger partial charge in [-0.25, -0.2) is 18.1 Å². The highest BCUT2D eigenvalue weighted by molar-refractivity contribution is 7.88. The zero-order chi connectivity index (χ0) is 15.3. The summed E-state index contributed by atoms with van der Waals surface area (Å²) in [5, 5.41) is 5.73. The topological polar surface area (TPSA) is 71.1 Å². The van der Waals surface area contributed by atoms with Crippen molar-refractivity contribution in [3.05, 3.63) is 46.5 Å². The average Bonchev–Trinajstić information content (AvgIpc) is 2.89. The second-order valence-electron chi connectivity index (χ2n) is 4.72. The molecule has 2 rings (SSSR count). The highest BCUT2D eigenvalue weighted by atomic mass is 32.2. The lowest BCUT2D eigenvalue weighted by Gasteiger charge is -2.08. The van der Waals surface area contributed by atoms with E-state index in [0.29, 0.717) is 13.0 Å². The van der Waals surface area contributed by atoms with E-state index in [0.717, 1.165) is 22.0 Å². The van der Waals surface area contributed by atoms with Crippen LogP contribution < -0.4 is 10.0 Å². The predicted molar refractivity (Wildman–Crippen MR) is 87.2 cm³/mol. The van der Waals surface area contributed by atoms with Crippen LogP contribution in [0.2, 0.25) is 0 Å². The molecule has 0 amide bonds. The van der Waals surface area contributed by atoms with Crippen molar-refractivity contribution in [2.75, 3.05) is 18.9 Å². The summed E-state index contributed by atoms with van der Waals surface area (Å²) in [5.41, 5.74) is 2.71. The smallest absolute Gasteiger partial charge is 0.215 e.